The molecule has 39 heavy (non-hydrogen) atoms. The lowest BCUT2D eigenvalue weighted by Gasteiger charge is -2.37. The van der Waals surface area contributed by atoms with Crippen molar-refractivity contribution in [2.24, 2.45) is 0 Å². The average Bonchev–Trinajstić information content (AvgIpc) is 3.61. The largest absolute Gasteiger partial charge is 0.462 e. The number of aromatic nitrogens is 4. The van der Waals surface area contributed by atoms with Gasteiger partial charge in [-0.25, -0.2) is 0 Å². The first-order valence-corrected chi connectivity index (χ1v) is 13.8. The first kappa shape index (κ1) is 25.4. The number of aryl methyl sites for hydroxylation is 1. The number of nitrogens with one attached hydrogen (secondary N) is 2. The molecule has 0 amide bonds. The SMILES string of the molecule is Cc1ccc2[nH]ncc2c1N1CCc2c(nc(OC[C@@H]3CCCN3CC#N)nc2N2CCN[C@@H](CC#N)C2)C1. The van der Waals surface area contributed by atoms with Crippen LogP contribution in [0, 0.1) is 29.6 Å². The summed E-state index contributed by atoms with van der Waals surface area (Å²) in [5.41, 5.74) is 5.57. The van der Waals surface area contributed by atoms with Gasteiger partial charge in [0, 0.05) is 49.2 Å². The second kappa shape index (κ2) is 11.0. The molecule has 2 N–H and O–H groups in total. The monoisotopic (exact) mass is 526 g/mol. The third-order valence-electron chi connectivity index (χ3n) is 8.21. The fourth-order valence-electron chi connectivity index (χ4n) is 6.26. The number of aromatic amines is 1. The van der Waals surface area contributed by atoms with Crippen LogP contribution in [-0.4, -0.2) is 83.0 Å². The van der Waals surface area contributed by atoms with Crippen LogP contribution in [0.1, 0.15) is 36.1 Å². The minimum Gasteiger partial charge on any atom is -0.462 e. The summed E-state index contributed by atoms with van der Waals surface area (Å²) in [5.74, 6) is 0.928. The maximum atomic E-state index is 9.27. The van der Waals surface area contributed by atoms with Crippen molar-refractivity contribution >= 4 is 22.4 Å². The second-order valence-electron chi connectivity index (χ2n) is 10.7. The van der Waals surface area contributed by atoms with E-state index in [1.54, 1.807) is 0 Å². The maximum absolute atomic E-state index is 9.27. The van der Waals surface area contributed by atoms with E-state index in [-0.39, 0.29) is 12.1 Å². The molecule has 2 saturated heterocycles. The predicted octanol–water partition coefficient (Wildman–Crippen LogP) is 2.28. The molecule has 0 radical (unpaired) electrons. The van der Waals surface area contributed by atoms with E-state index in [9.17, 15) is 10.5 Å². The number of likely N-dealkylation sites (tertiary alicyclic amines) is 1. The van der Waals surface area contributed by atoms with Crippen LogP contribution >= 0.6 is 0 Å². The number of anilines is 2. The Kier molecular flexibility index (Phi) is 7.18. The zero-order valence-electron chi connectivity index (χ0n) is 22.4. The van der Waals surface area contributed by atoms with Gasteiger partial charge in [0.05, 0.1) is 54.7 Å². The highest BCUT2D eigenvalue weighted by atomic mass is 16.5. The molecule has 11 heteroatoms. The summed E-state index contributed by atoms with van der Waals surface area (Å²) >= 11 is 0. The third-order valence-corrected chi connectivity index (χ3v) is 8.21. The van der Waals surface area contributed by atoms with Crippen LogP contribution in [-0.2, 0) is 13.0 Å². The highest BCUT2D eigenvalue weighted by Gasteiger charge is 2.30. The molecule has 3 aromatic rings. The van der Waals surface area contributed by atoms with E-state index in [4.69, 9.17) is 14.7 Å². The van der Waals surface area contributed by atoms with Gasteiger partial charge in [0.15, 0.2) is 0 Å². The molecule has 3 aliphatic rings. The molecule has 1 aromatic carbocycles. The molecule has 2 fully saturated rings. The van der Waals surface area contributed by atoms with E-state index >= 15 is 0 Å². The number of rotatable bonds is 7. The summed E-state index contributed by atoms with van der Waals surface area (Å²) in [6, 6.07) is 9.48. The molecule has 0 bridgehead atoms. The highest BCUT2D eigenvalue weighted by Crippen LogP contribution is 2.36. The number of ether oxygens (including phenoxy) is 1. The standard InChI is InChI=1S/C28H34N10O/c1-19-4-5-24-23(15-32-35-24)26(19)37-12-7-22-25(17-37)33-28(39-18-21-3-2-11-36(21)13-9-30)34-27(22)38-14-10-31-20(16-38)6-8-29/h4-5,15,20-21,31H,2-3,6-7,10-14,16-18H2,1H3,(H,32,35)/t20-,21-/m0/s1. The Morgan fingerprint density at radius 2 is 2.05 bits per heavy atom. The maximum Gasteiger partial charge on any atom is 0.318 e. The molecule has 11 nitrogen and oxygen atoms in total. The third kappa shape index (κ3) is 5.08. The Labute approximate surface area is 228 Å². The lowest BCUT2D eigenvalue weighted by molar-refractivity contribution is 0.176. The molecule has 0 spiro atoms. The Morgan fingerprint density at radius 1 is 1.13 bits per heavy atom. The quantitative estimate of drug-likeness (QED) is 0.442. The zero-order chi connectivity index (χ0) is 26.8. The molecule has 5 heterocycles. The molecule has 3 aliphatic heterocycles. The van der Waals surface area contributed by atoms with Crippen molar-refractivity contribution in [2.45, 2.75) is 51.2 Å². The van der Waals surface area contributed by atoms with Gasteiger partial charge >= 0.3 is 6.01 Å². The smallest absolute Gasteiger partial charge is 0.318 e. The van der Waals surface area contributed by atoms with Crippen LogP contribution in [0.15, 0.2) is 18.3 Å². The number of benzene rings is 1. The van der Waals surface area contributed by atoms with E-state index in [0.717, 1.165) is 74.4 Å². The average molecular weight is 527 g/mol. The molecular formula is C28H34N10O. The molecule has 2 aromatic heterocycles. The highest BCUT2D eigenvalue weighted by molar-refractivity contribution is 5.93. The second-order valence-corrected chi connectivity index (χ2v) is 10.7. The Morgan fingerprint density at radius 3 is 2.92 bits per heavy atom. The number of nitriles is 2. The van der Waals surface area contributed by atoms with Crippen molar-refractivity contribution in [2.75, 3.05) is 55.7 Å². The molecule has 0 unspecified atom stereocenters. The van der Waals surface area contributed by atoms with Crippen LogP contribution in [0.2, 0.25) is 0 Å². The predicted molar refractivity (Wildman–Crippen MR) is 148 cm³/mol. The Balaban J connectivity index is 1.32. The molecular weight excluding hydrogens is 492 g/mol. The van der Waals surface area contributed by atoms with Crippen molar-refractivity contribution < 1.29 is 4.74 Å². The van der Waals surface area contributed by atoms with Gasteiger partial charge in [0.1, 0.15) is 12.4 Å². The van der Waals surface area contributed by atoms with Crippen LogP contribution in [0.5, 0.6) is 6.01 Å². The first-order chi connectivity index (χ1) is 19.1. The van der Waals surface area contributed by atoms with Crippen molar-refractivity contribution in [3.05, 3.63) is 35.2 Å². The molecule has 0 aliphatic carbocycles. The van der Waals surface area contributed by atoms with Gasteiger partial charge < -0.3 is 19.9 Å². The minimum absolute atomic E-state index is 0.109. The number of H-pyrrole nitrogens is 1. The number of piperazine rings is 1. The van der Waals surface area contributed by atoms with Crippen molar-refractivity contribution in [3.63, 3.8) is 0 Å². The number of fused-ring (bicyclic) bond motifs is 2. The van der Waals surface area contributed by atoms with Gasteiger partial charge in [-0.1, -0.05) is 6.07 Å². The van der Waals surface area contributed by atoms with Gasteiger partial charge in [-0.3, -0.25) is 10.00 Å². The molecule has 0 saturated carbocycles. The topological polar surface area (TPSA) is 133 Å². The summed E-state index contributed by atoms with van der Waals surface area (Å²) in [6.45, 7) is 7.81. The molecule has 6 rings (SSSR count). The summed E-state index contributed by atoms with van der Waals surface area (Å²) in [6.07, 6.45) is 5.27. The first-order valence-electron chi connectivity index (χ1n) is 13.8. The lowest BCUT2D eigenvalue weighted by Crippen LogP contribution is -2.51. The summed E-state index contributed by atoms with van der Waals surface area (Å²) in [5, 5.41) is 30.4. The minimum atomic E-state index is 0.109. The van der Waals surface area contributed by atoms with Crippen molar-refractivity contribution in [1.82, 2.24) is 30.4 Å². The molecule has 202 valence electrons. The fraction of sp³-hybridized carbons (Fsp3) is 0.536. The summed E-state index contributed by atoms with van der Waals surface area (Å²) in [4.78, 5) is 16.8. The van der Waals surface area contributed by atoms with E-state index in [0.29, 0.717) is 32.1 Å². The van der Waals surface area contributed by atoms with E-state index < -0.39 is 0 Å². The normalized spacial score (nSPS) is 21.5. The number of hydrogen-bond acceptors (Lipinski definition) is 10. The fourth-order valence-corrected chi connectivity index (χ4v) is 6.26. The van der Waals surface area contributed by atoms with Crippen LogP contribution in [0.25, 0.3) is 10.9 Å². The van der Waals surface area contributed by atoms with Crippen molar-refractivity contribution in [3.8, 4) is 18.1 Å². The van der Waals surface area contributed by atoms with Gasteiger partial charge in [-0.2, -0.15) is 25.6 Å². The van der Waals surface area contributed by atoms with E-state index in [2.05, 4.69) is 61.4 Å². The molecule has 2 atom stereocenters. The number of nitrogens with zero attached hydrogens (tertiary/aromatic N) is 8. The Bertz CT molecular complexity index is 1420. The van der Waals surface area contributed by atoms with Gasteiger partial charge in [0.25, 0.3) is 0 Å². The Hall–Kier alpha value is -3.93. The summed E-state index contributed by atoms with van der Waals surface area (Å²) in [7, 11) is 0. The summed E-state index contributed by atoms with van der Waals surface area (Å²) < 4.78 is 6.26. The lowest BCUT2D eigenvalue weighted by atomic mass is 10.0. The van der Waals surface area contributed by atoms with Crippen molar-refractivity contribution in [1.29, 1.82) is 10.5 Å². The van der Waals surface area contributed by atoms with Crippen LogP contribution in [0.4, 0.5) is 11.5 Å². The van der Waals surface area contributed by atoms with E-state index in [1.165, 1.54) is 16.8 Å². The zero-order valence-corrected chi connectivity index (χ0v) is 22.4. The van der Waals surface area contributed by atoms with Gasteiger partial charge in [0.2, 0.25) is 0 Å². The van der Waals surface area contributed by atoms with Gasteiger partial charge in [-0.05, 0) is 44.4 Å². The van der Waals surface area contributed by atoms with Crippen LogP contribution in [0.3, 0.4) is 0 Å². The number of hydrogen-bond donors (Lipinski definition) is 2. The van der Waals surface area contributed by atoms with Crippen LogP contribution < -0.4 is 19.9 Å². The van der Waals surface area contributed by atoms with Gasteiger partial charge in [-0.15, -0.1) is 0 Å². The van der Waals surface area contributed by atoms with E-state index in [1.807, 2.05) is 6.20 Å².